The van der Waals surface area contributed by atoms with E-state index in [0.29, 0.717) is 16.5 Å². The Hall–Kier alpha value is -3.55. The number of hydrogen-bond acceptors (Lipinski definition) is 8. The molecule has 2 aromatic carbocycles. The van der Waals surface area contributed by atoms with Crippen molar-refractivity contribution in [3.8, 4) is 0 Å². The molecule has 0 aliphatic heterocycles. The second kappa shape index (κ2) is 17.9. The van der Waals surface area contributed by atoms with E-state index in [2.05, 4.69) is 21.3 Å². The van der Waals surface area contributed by atoms with Crippen LogP contribution in [0.2, 0.25) is 10.0 Å². The standard InChI is InChI=1S/C35H47Cl2N5O7/c1-19(2)14-27(40-34(49)30(20(3)4)41-32(47)26(38)12-13-29(44)45)33(48)42-35(16-23(35)22-8-6-5-7-9-22)31(46)28(43)18-39-17-21-10-11-24(36)25(37)15-21/h5-11,15,19-20,23,26-27,30-31,39,46H,12-14,16-18,38H2,1-4H3,(H,40,49)(H,41,47)(H,42,48)(H,44,45)/t23-,26-,27-,30-,31-,35?/m0/s1. The molecule has 3 rings (SSSR count). The summed E-state index contributed by atoms with van der Waals surface area (Å²) in [4.78, 5) is 64.4. The molecule has 0 spiro atoms. The van der Waals surface area contributed by atoms with Crippen LogP contribution in [-0.2, 0) is 30.5 Å². The van der Waals surface area contributed by atoms with Crippen molar-refractivity contribution >= 4 is 52.7 Å². The minimum atomic E-state index is -1.56. The number of aliphatic hydroxyl groups excluding tert-OH is 1. The number of amides is 3. The molecule has 3 amide bonds. The fourth-order valence-corrected chi connectivity index (χ4v) is 6.06. The Morgan fingerprint density at radius 2 is 1.61 bits per heavy atom. The van der Waals surface area contributed by atoms with Gasteiger partial charge in [0.25, 0.3) is 0 Å². The van der Waals surface area contributed by atoms with Gasteiger partial charge >= 0.3 is 5.97 Å². The van der Waals surface area contributed by atoms with E-state index in [9.17, 15) is 29.1 Å². The summed E-state index contributed by atoms with van der Waals surface area (Å²) in [6.45, 7) is 7.30. The van der Waals surface area contributed by atoms with Crippen molar-refractivity contribution in [2.45, 2.75) is 95.6 Å². The molecule has 1 fully saturated rings. The molecule has 0 saturated heterocycles. The molecule has 268 valence electrons. The highest BCUT2D eigenvalue weighted by Gasteiger charge is 2.62. The molecular formula is C35H47Cl2N5O7. The van der Waals surface area contributed by atoms with Crippen LogP contribution >= 0.6 is 23.2 Å². The Kier molecular flexibility index (Phi) is 14.6. The first-order chi connectivity index (χ1) is 23.0. The van der Waals surface area contributed by atoms with E-state index in [1.54, 1.807) is 32.0 Å². The molecule has 0 bridgehead atoms. The number of benzene rings is 2. The quantitative estimate of drug-likeness (QED) is 0.114. The number of aliphatic hydroxyl groups is 1. The molecule has 2 aromatic rings. The number of carboxylic acids is 1. The lowest BCUT2D eigenvalue weighted by molar-refractivity contribution is -0.137. The van der Waals surface area contributed by atoms with Gasteiger partial charge in [0, 0.05) is 18.9 Å². The van der Waals surface area contributed by atoms with Gasteiger partial charge in [-0.05, 0) is 54.4 Å². The molecule has 14 heteroatoms. The first-order valence-electron chi connectivity index (χ1n) is 16.4. The highest BCUT2D eigenvalue weighted by molar-refractivity contribution is 6.42. The zero-order chi connectivity index (χ0) is 36.5. The van der Waals surface area contributed by atoms with Crippen LogP contribution in [0.3, 0.4) is 0 Å². The van der Waals surface area contributed by atoms with Crippen molar-refractivity contribution in [2.75, 3.05) is 6.54 Å². The molecule has 8 N–H and O–H groups in total. The van der Waals surface area contributed by atoms with Gasteiger partial charge in [0.2, 0.25) is 17.7 Å². The van der Waals surface area contributed by atoms with Crippen molar-refractivity contribution in [3.05, 3.63) is 69.7 Å². The molecule has 0 radical (unpaired) electrons. The third kappa shape index (κ3) is 11.2. The number of aliphatic carboxylic acids is 1. The monoisotopic (exact) mass is 719 g/mol. The molecule has 0 aromatic heterocycles. The number of carboxylic acid groups (broad SMARTS) is 1. The van der Waals surface area contributed by atoms with Crippen LogP contribution in [0.15, 0.2) is 48.5 Å². The summed E-state index contributed by atoms with van der Waals surface area (Å²) in [5.41, 5.74) is 6.17. The van der Waals surface area contributed by atoms with Gasteiger partial charge in [0.15, 0.2) is 5.78 Å². The largest absolute Gasteiger partial charge is 0.481 e. The topological polar surface area (TPSA) is 200 Å². The van der Waals surface area contributed by atoms with Crippen molar-refractivity contribution in [1.82, 2.24) is 21.3 Å². The summed E-state index contributed by atoms with van der Waals surface area (Å²) in [5, 5.41) is 32.5. The summed E-state index contributed by atoms with van der Waals surface area (Å²) in [7, 11) is 0. The molecule has 6 atom stereocenters. The summed E-state index contributed by atoms with van der Waals surface area (Å²) < 4.78 is 0. The van der Waals surface area contributed by atoms with Crippen LogP contribution in [0.5, 0.6) is 0 Å². The van der Waals surface area contributed by atoms with Crippen LogP contribution < -0.4 is 27.0 Å². The number of rotatable bonds is 19. The summed E-state index contributed by atoms with van der Waals surface area (Å²) in [6.07, 6.45) is -1.45. The zero-order valence-electron chi connectivity index (χ0n) is 28.2. The van der Waals surface area contributed by atoms with Crippen LogP contribution in [-0.4, -0.2) is 76.0 Å². The lowest BCUT2D eigenvalue weighted by Gasteiger charge is -2.30. The number of nitrogens with one attached hydrogen (secondary N) is 4. The summed E-state index contributed by atoms with van der Waals surface area (Å²) in [5.74, 6) is -4.31. The second-order valence-electron chi connectivity index (χ2n) is 13.4. The van der Waals surface area contributed by atoms with E-state index in [-0.39, 0.29) is 44.2 Å². The van der Waals surface area contributed by atoms with Gasteiger partial charge in [0.05, 0.1) is 28.2 Å². The molecule has 1 unspecified atom stereocenters. The SMILES string of the molecule is CC(C)C[C@H](NC(=O)[C@@H](NC(=O)[C@@H](N)CCC(=O)O)C(C)C)C(=O)NC1([C@@H](O)C(=O)CNCc2ccc(Cl)c(Cl)c2)C[C@H]1c1ccccc1. The predicted octanol–water partition coefficient (Wildman–Crippen LogP) is 2.92. The average molecular weight is 721 g/mol. The van der Waals surface area contributed by atoms with Gasteiger partial charge < -0.3 is 37.2 Å². The van der Waals surface area contributed by atoms with Crippen molar-refractivity contribution in [3.63, 3.8) is 0 Å². The average Bonchev–Trinajstić information content (AvgIpc) is 3.77. The number of nitrogens with two attached hydrogens (primary N) is 1. The Balaban J connectivity index is 1.77. The maximum absolute atomic E-state index is 14.0. The van der Waals surface area contributed by atoms with Gasteiger partial charge in [-0.1, -0.05) is 87.3 Å². The first-order valence-corrected chi connectivity index (χ1v) is 17.1. The molecule has 1 aliphatic rings. The summed E-state index contributed by atoms with van der Waals surface area (Å²) in [6, 6.07) is 11.1. The normalized spacial score (nSPS) is 19.4. The number of hydrogen-bond donors (Lipinski definition) is 7. The van der Waals surface area contributed by atoms with Crippen molar-refractivity contribution in [2.24, 2.45) is 17.6 Å². The molecule has 0 heterocycles. The van der Waals surface area contributed by atoms with Gasteiger partial charge in [0.1, 0.15) is 18.2 Å². The zero-order valence-corrected chi connectivity index (χ0v) is 29.7. The van der Waals surface area contributed by atoms with E-state index in [1.165, 1.54) is 0 Å². The second-order valence-corrected chi connectivity index (χ2v) is 14.2. The van der Waals surface area contributed by atoms with Crippen molar-refractivity contribution in [1.29, 1.82) is 0 Å². The Morgan fingerprint density at radius 3 is 2.20 bits per heavy atom. The lowest BCUT2D eigenvalue weighted by atomic mass is 9.95. The van der Waals surface area contributed by atoms with E-state index >= 15 is 0 Å². The third-order valence-electron chi connectivity index (χ3n) is 8.56. The fraction of sp³-hybridized carbons (Fsp3) is 0.514. The fourth-order valence-electron chi connectivity index (χ4n) is 5.74. The minimum Gasteiger partial charge on any atom is -0.481 e. The number of ketones is 1. The predicted molar refractivity (Wildman–Crippen MR) is 187 cm³/mol. The maximum Gasteiger partial charge on any atom is 0.303 e. The Bertz CT molecular complexity index is 1490. The number of carbonyl (C=O) groups is 5. The van der Waals surface area contributed by atoms with Gasteiger partial charge in [-0.15, -0.1) is 0 Å². The molecule has 1 aliphatic carbocycles. The van der Waals surface area contributed by atoms with Gasteiger partial charge in [-0.25, -0.2) is 0 Å². The maximum atomic E-state index is 14.0. The van der Waals surface area contributed by atoms with Crippen LogP contribution in [0.25, 0.3) is 0 Å². The van der Waals surface area contributed by atoms with Crippen LogP contribution in [0, 0.1) is 11.8 Å². The van der Waals surface area contributed by atoms with Gasteiger partial charge in [-0.3, -0.25) is 24.0 Å². The van der Waals surface area contributed by atoms with E-state index in [0.717, 1.165) is 11.1 Å². The number of Topliss-reactive ketones (excluding diaryl/α,β-unsaturated/α-hetero) is 1. The lowest BCUT2D eigenvalue weighted by Crippen LogP contribution is -2.60. The Labute approximate surface area is 296 Å². The molecule has 49 heavy (non-hydrogen) atoms. The first kappa shape index (κ1) is 39.9. The van der Waals surface area contributed by atoms with Gasteiger partial charge in [-0.2, -0.15) is 0 Å². The molecule has 1 saturated carbocycles. The van der Waals surface area contributed by atoms with Crippen molar-refractivity contribution < 1.29 is 34.2 Å². The third-order valence-corrected chi connectivity index (χ3v) is 9.30. The number of halogens is 2. The smallest absolute Gasteiger partial charge is 0.303 e. The molecular weight excluding hydrogens is 673 g/mol. The highest BCUT2D eigenvalue weighted by atomic mass is 35.5. The van der Waals surface area contributed by atoms with E-state index < -0.39 is 65.2 Å². The Morgan fingerprint density at radius 1 is 0.939 bits per heavy atom. The minimum absolute atomic E-state index is 0.0372. The summed E-state index contributed by atoms with van der Waals surface area (Å²) >= 11 is 12.1. The van der Waals surface area contributed by atoms with E-state index in [4.69, 9.17) is 34.0 Å². The van der Waals surface area contributed by atoms with E-state index in [1.807, 2.05) is 44.2 Å². The van der Waals surface area contributed by atoms with Crippen LogP contribution in [0.4, 0.5) is 0 Å². The molecule has 12 nitrogen and oxygen atoms in total. The number of carbonyl (C=O) groups excluding carboxylic acids is 4. The highest BCUT2D eigenvalue weighted by Crippen LogP contribution is 2.54. The van der Waals surface area contributed by atoms with Crippen LogP contribution in [0.1, 0.15) is 70.4 Å².